The third-order valence-electron chi connectivity index (χ3n) is 4.90. The van der Waals surface area contributed by atoms with Crippen LogP contribution in [0.4, 0.5) is 5.69 Å². The molecule has 0 aliphatic carbocycles. The van der Waals surface area contributed by atoms with Gasteiger partial charge in [-0.25, -0.2) is 0 Å². The van der Waals surface area contributed by atoms with Crippen LogP contribution in [0.25, 0.3) is 0 Å². The molecule has 152 valence electrons. The van der Waals surface area contributed by atoms with Crippen LogP contribution in [0, 0.1) is 0 Å². The van der Waals surface area contributed by atoms with Crippen LogP contribution in [0.2, 0.25) is 0 Å². The highest BCUT2D eigenvalue weighted by molar-refractivity contribution is 5.95. The van der Waals surface area contributed by atoms with Crippen LogP contribution >= 0.6 is 0 Å². The fraction of sp³-hybridized carbons (Fsp3) is 0.350. The summed E-state index contributed by atoms with van der Waals surface area (Å²) in [5, 5.41) is 2.87. The predicted molar refractivity (Wildman–Crippen MR) is 104 cm³/mol. The number of fused-ring (bicyclic) bond motifs is 1. The molecule has 0 saturated carbocycles. The minimum Gasteiger partial charge on any atom is -0.494 e. The largest absolute Gasteiger partial charge is 0.494 e. The van der Waals surface area contributed by atoms with E-state index in [2.05, 4.69) is 10.3 Å². The third-order valence-corrected chi connectivity index (χ3v) is 4.90. The summed E-state index contributed by atoms with van der Waals surface area (Å²) in [6, 6.07) is 6.90. The Hall–Kier alpha value is -3.33. The quantitative estimate of drug-likeness (QED) is 0.809. The molecule has 9 nitrogen and oxygen atoms in total. The van der Waals surface area contributed by atoms with Crippen molar-refractivity contribution in [1.29, 1.82) is 0 Å². The summed E-state index contributed by atoms with van der Waals surface area (Å²) in [6.07, 6.45) is 3.21. The molecule has 29 heavy (non-hydrogen) atoms. The number of anilines is 1. The van der Waals surface area contributed by atoms with Crippen molar-refractivity contribution in [2.24, 2.45) is 0 Å². The smallest absolute Gasteiger partial charge is 0.255 e. The van der Waals surface area contributed by atoms with Gasteiger partial charge in [0.25, 0.3) is 5.91 Å². The summed E-state index contributed by atoms with van der Waals surface area (Å²) < 4.78 is 16.0. The topological polar surface area (TPSA) is 93.2 Å². The number of carbonyl (C=O) groups is 2. The molecule has 0 unspecified atom stereocenters. The number of ether oxygens (including phenoxy) is 3. The molecule has 0 atom stereocenters. The number of carbonyl (C=O) groups excluding carboxylic acids is 2. The average molecular weight is 398 g/mol. The molecule has 3 heterocycles. The van der Waals surface area contributed by atoms with Gasteiger partial charge in [-0.15, -0.1) is 0 Å². The van der Waals surface area contributed by atoms with Gasteiger partial charge in [0.1, 0.15) is 5.75 Å². The fourth-order valence-corrected chi connectivity index (χ4v) is 3.36. The number of aromatic nitrogens is 1. The van der Waals surface area contributed by atoms with Crippen molar-refractivity contribution in [3.05, 3.63) is 42.2 Å². The first-order valence-electron chi connectivity index (χ1n) is 9.33. The number of rotatable bonds is 5. The molecule has 9 heteroatoms. The number of nitrogens with zero attached hydrogens (tertiary/aromatic N) is 3. The van der Waals surface area contributed by atoms with E-state index in [1.807, 2.05) is 4.90 Å². The summed E-state index contributed by atoms with van der Waals surface area (Å²) in [5.41, 5.74) is 1.11. The highest BCUT2D eigenvalue weighted by atomic mass is 16.7. The van der Waals surface area contributed by atoms with Gasteiger partial charge in [0, 0.05) is 50.7 Å². The van der Waals surface area contributed by atoms with Crippen molar-refractivity contribution in [3.63, 3.8) is 0 Å². The molecule has 2 aliphatic heterocycles. The Labute approximate surface area is 168 Å². The van der Waals surface area contributed by atoms with Crippen LogP contribution in [0.1, 0.15) is 10.4 Å². The van der Waals surface area contributed by atoms with Crippen LogP contribution in [0.3, 0.4) is 0 Å². The molecule has 2 aromatic rings. The van der Waals surface area contributed by atoms with Gasteiger partial charge in [0.15, 0.2) is 11.5 Å². The lowest BCUT2D eigenvalue weighted by Crippen LogP contribution is -2.50. The Morgan fingerprint density at radius 1 is 1.17 bits per heavy atom. The van der Waals surface area contributed by atoms with Crippen molar-refractivity contribution < 1.29 is 23.8 Å². The molecular formula is C20H22N4O5. The molecular weight excluding hydrogens is 376 g/mol. The number of methoxy groups -OCH3 is 1. The van der Waals surface area contributed by atoms with E-state index in [4.69, 9.17) is 14.2 Å². The first-order chi connectivity index (χ1) is 14.1. The van der Waals surface area contributed by atoms with E-state index in [1.165, 1.54) is 7.11 Å². The first kappa shape index (κ1) is 19.0. The van der Waals surface area contributed by atoms with E-state index in [9.17, 15) is 9.59 Å². The molecule has 1 aromatic carbocycles. The highest BCUT2D eigenvalue weighted by Crippen LogP contribution is 2.40. The minimum absolute atomic E-state index is 0.0349. The molecule has 2 amide bonds. The molecule has 0 bridgehead atoms. The second kappa shape index (κ2) is 8.36. The molecule has 1 aromatic heterocycles. The van der Waals surface area contributed by atoms with Crippen LogP contribution in [0.15, 0.2) is 36.7 Å². The predicted octanol–water partition coefficient (Wildman–Crippen LogP) is 1.22. The van der Waals surface area contributed by atoms with E-state index in [0.717, 1.165) is 0 Å². The van der Waals surface area contributed by atoms with E-state index >= 15 is 0 Å². The SMILES string of the molecule is COc1cc2c(cc1NC(=O)CN1CCN(C(=O)c3cccnc3)CC1)OCO2. The Kier molecular flexibility index (Phi) is 5.48. The molecule has 1 saturated heterocycles. The molecule has 1 fully saturated rings. The number of piperazine rings is 1. The van der Waals surface area contributed by atoms with Gasteiger partial charge in [-0.1, -0.05) is 0 Å². The minimum atomic E-state index is -0.158. The Balaban J connectivity index is 1.31. The van der Waals surface area contributed by atoms with Gasteiger partial charge < -0.3 is 24.4 Å². The lowest BCUT2D eigenvalue weighted by molar-refractivity contribution is -0.117. The number of hydrogen-bond donors (Lipinski definition) is 1. The van der Waals surface area contributed by atoms with E-state index in [0.29, 0.717) is 54.7 Å². The van der Waals surface area contributed by atoms with Gasteiger partial charge in [-0.2, -0.15) is 0 Å². The van der Waals surface area contributed by atoms with Crippen LogP contribution in [0.5, 0.6) is 17.2 Å². The maximum absolute atomic E-state index is 12.5. The molecule has 0 radical (unpaired) electrons. The van der Waals surface area contributed by atoms with E-state index in [1.54, 1.807) is 41.6 Å². The Bertz CT molecular complexity index is 897. The second-order valence-electron chi connectivity index (χ2n) is 6.76. The average Bonchev–Trinajstić information content (AvgIpc) is 3.21. The van der Waals surface area contributed by atoms with E-state index < -0.39 is 0 Å². The van der Waals surface area contributed by atoms with Crippen LogP contribution < -0.4 is 19.5 Å². The summed E-state index contributed by atoms with van der Waals surface area (Å²) in [4.78, 5) is 32.8. The third kappa shape index (κ3) is 4.24. The lowest BCUT2D eigenvalue weighted by Gasteiger charge is -2.34. The van der Waals surface area contributed by atoms with Crippen molar-refractivity contribution in [2.75, 3.05) is 51.9 Å². The van der Waals surface area contributed by atoms with Crippen molar-refractivity contribution in [2.45, 2.75) is 0 Å². The van der Waals surface area contributed by atoms with Gasteiger partial charge in [0.05, 0.1) is 24.9 Å². The summed E-state index contributed by atoms with van der Waals surface area (Å²) >= 11 is 0. The van der Waals surface area contributed by atoms with Crippen LogP contribution in [-0.2, 0) is 4.79 Å². The zero-order chi connectivity index (χ0) is 20.2. The molecule has 1 N–H and O–H groups in total. The number of amides is 2. The zero-order valence-electron chi connectivity index (χ0n) is 16.1. The normalized spacial score (nSPS) is 15.8. The number of nitrogens with one attached hydrogen (secondary N) is 1. The monoisotopic (exact) mass is 398 g/mol. The summed E-state index contributed by atoms with van der Waals surface area (Å²) in [7, 11) is 1.53. The number of benzene rings is 1. The maximum Gasteiger partial charge on any atom is 0.255 e. The maximum atomic E-state index is 12.5. The highest BCUT2D eigenvalue weighted by Gasteiger charge is 2.24. The fourth-order valence-electron chi connectivity index (χ4n) is 3.36. The van der Waals surface area contributed by atoms with Crippen LogP contribution in [-0.4, -0.2) is 73.2 Å². The molecule has 2 aliphatic rings. The van der Waals surface area contributed by atoms with Gasteiger partial charge in [-0.05, 0) is 12.1 Å². The van der Waals surface area contributed by atoms with Gasteiger partial charge >= 0.3 is 0 Å². The molecule has 4 rings (SSSR count). The summed E-state index contributed by atoms with van der Waals surface area (Å²) in [5.74, 6) is 1.48. The van der Waals surface area contributed by atoms with Crippen molar-refractivity contribution in [1.82, 2.24) is 14.8 Å². The van der Waals surface area contributed by atoms with E-state index in [-0.39, 0.29) is 25.2 Å². The lowest BCUT2D eigenvalue weighted by atomic mass is 10.2. The van der Waals surface area contributed by atoms with Crippen molar-refractivity contribution in [3.8, 4) is 17.2 Å². The van der Waals surface area contributed by atoms with Gasteiger partial charge in [-0.3, -0.25) is 19.5 Å². The summed E-state index contributed by atoms with van der Waals surface area (Å²) in [6.45, 7) is 2.75. The Morgan fingerprint density at radius 2 is 1.93 bits per heavy atom. The number of pyridine rings is 1. The second-order valence-corrected chi connectivity index (χ2v) is 6.76. The van der Waals surface area contributed by atoms with Gasteiger partial charge in [0.2, 0.25) is 12.7 Å². The first-order valence-corrected chi connectivity index (χ1v) is 9.33. The standard InChI is InChI=1S/C20H22N4O5/c1-27-16-10-18-17(28-13-29-18)9-15(16)22-19(25)12-23-5-7-24(8-6-23)20(26)14-3-2-4-21-11-14/h2-4,9-11H,5-8,12-13H2,1H3,(H,22,25). The Morgan fingerprint density at radius 3 is 2.62 bits per heavy atom. The zero-order valence-corrected chi connectivity index (χ0v) is 16.1. The van der Waals surface area contributed by atoms with Crippen molar-refractivity contribution >= 4 is 17.5 Å². The number of hydrogen-bond acceptors (Lipinski definition) is 7. The molecule has 0 spiro atoms.